The number of ether oxygens (including phenoxy) is 1. The van der Waals surface area contributed by atoms with Gasteiger partial charge < -0.3 is 14.2 Å². The molecule has 0 saturated heterocycles. The fourth-order valence-corrected chi connectivity index (χ4v) is 3.13. The number of aromatic nitrogens is 5. The zero-order valence-corrected chi connectivity index (χ0v) is 14.0. The van der Waals surface area contributed by atoms with Gasteiger partial charge in [0.25, 0.3) is 0 Å². The second kappa shape index (κ2) is 6.11. The topological polar surface area (TPSA) is 78.1 Å². The summed E-state index contributed by atoms with van der Waals surface area (Å²) in [5.74, 6) is 1.72. The van der Waals surface area contributed by atoms with E-state index in [4.69, 9.17) is 4.74 Å². The Kier molecular flexibility index (Phi) is 4.16. The molecule has 1 amide bonds. The molecule has 0 N–H and O–H groups in total. The minimum Gasteiger partial charge on any atom is -0.377 e. The minimum absolute atomic E-state index is 0.0930. The van der Waals surface area contributed by atoms with Gasteiger partial charge in [-0.15, -0.1) is 10.2 Å². The van der Waals surface area contributed by atoms with E-state index in [2.05, 4.69) is 26.8 Å². The van der Waals surface area contributed by atoms with Crippen molar-refractivity contribution in [1.82, 2.24) is 29.4 Å². The number of nitrogens with zero attached hydrogens (tertiary/aromatic N) is 6. The Morgan fingerprint density at radius 2 is 2.22 bits per heavy atom. The highest BCUT2D eigenvalue weighted by atomic mass is 16.5. The first-order valence-corrected chi connectivity index (χ1v) is 7.68. The van der Waals surface area contributed by atoms with Crippen LogP contribution < -0.4 is 0 Å². The van der Waals surface area contributed by atoms with Crippen LogP contribution in [-0.4, -0.2) is 49.0 Å². The van der Waals surface area contributed by atoms with Gasteiger partial charge in [-0.25, -0.2) is 0 Å². The van der Waals surface area contributed by atoms with E-state index >= 15 is 0 Å². The Balaban J connectivity index is 1.75. The molecule has 124 valence electrons. The van der Waals surface area contributed by atoms with E-state index < -0.39 is 0 Å². The Labute approximate surface area is 135 Å². The molecular formula is C15H22N6O2. The molecule has 0 saturated carbocycles. The van der Waals surface area contributed by atoms with E-state index in [1.165, 1.54) is 0 Å². The molecule has 3 rings (SSSR count). The first-order chi connectivity index (χ1) is 11.0. The summed E-state index contributed by atoms with van der Waals surface area (Å²) in [6.45, 7) is 5.56. The molecule has 1 aliphatic heterocycles. The van der Waals surface area contributed by atoms with Crippen LogP contribution in [0.3, 0.4) is 0 Å². The maximum absolute atomic E-state index is 12.6. The fraction of sp³-hybridized carbons (Fsp3) is 0.600. The van der Waals surface area contributed by atoms with Gasteiger partial charge in [-0.2, -0.15) is 5.10 Å². The summed E-state index contributed by atoms with van der Waals surface area (Å²) >= 11 is 0. The van der Waals surface area contributed by atoms with Crippen molar-refractivity contribution in [2.75, 3.05) is 13.7 Å². The lowest BCUT2D eigenvalue weighted by Gasteiger charge is -2.32. The van der Waals surface area contributed by atoms with Crippen LogP contribution in [0.15, 0.2) is 6.20 Å². The van der Waals surface area contributed by atoms with Crippen LogP contribution >= 0.6 is 0 Å². The van der Waals surface area contributed by atoms with Crippen molar-refractivity contribution < 1.29 is 9.53 Å². The number of amides is 1. The molecular weight excluding hydrogens is 296 g/mol. The number of aryl methyl sites for hydroxylation is 2. The van der Waals surface area contributed by atoms with E-state index in [1.807, 2.05) is 25.1 Å². The van der Waals surface area contributed by atoms with Crippen molar-refractivity contribution in [2.24, 2.45) is 7.05 Å². The van der Waals surface area contributed by atoms with Gasteiger partial charge in [-0.1, -0.05) is 0 Å². The molecule has 0 radical (unpaired) electrons. The predicted molar refractivity (Wildman–Crippen MR) is 82.5 cm³/mol. The first-order valence-electron chi connectivity index (χ1n) is 7.68. The monoisotopic (exact) mass is 318 g/mol. The maximum atomic E-state index is 12.6. The standard InChI is InChI=1S/C15H22N6O2/c1-10-6-20(8-13-16-17-14(9-23-4)21(10)13)15(22)5-12-7-19(3)18-11(12)2/h7,10H,5-6,8-9H2,1-4H3/t10-/m0/s1. The van der Waals surface area contributed by atoms with E-state index in [0.717, 1.165) is 22.9 Å². The van der Waals surface area contributed by atoms with Gasteiger partial charge in [0.15, 0.2) is 11.6 Å². The number of methoxy groups -OCH3 is 1. The highest BCUT2D eigenvalue weighted by Crippen LogP contribution is 2.22. The van der Waals surface area contributed by atoms with Gasteiger partial charge in [-0.05, 0) is 13.8 Å². The molecule has 0 aliphatic carbocycles. The lowest BCUT2D eigenvalue weighted by Crippen LogP contribution is -2.41. The van der Waals surface area contributed by atoms with Crippen LogP contribution in [0, 0.1) is 6.92 Å². The summed E-state index contributed by atoms with van der Waals surface area (Å²) in [7, 11) is 3.50. The number of hydrogen-bond acceptors (Lipinski definition) is 5. The van der Waals surface area contributed by atoms with Crippen LogP contribution in [-0.2, 0) is 36.2 Å². The highest BCUT2D eigenvalue weighted by molar-refractivity contribution is 5.79. The van der Waals surface area contributed by atoms with Gasteiger partial charge >= 0.3 is 0 Å². The largest absolute Gasteiger partial charge is 0.377 e. The van der Waals surface area contributed by atoms with Crippen LogP contribution in [0.5, 0.6) is 0 Å². The van der Waals surface area contributed by atoms with Crippen molar-refractivity contribution in [2.45, 2.75) is 39.5 Å². The molecule has 0 fully saturated rings. The van der Waals surface area contributed by atoms with Crippen molar-refractivity contribution >= 4 is 5.91 Å². The molecule has 8 heteroatoms. The van der Waals surface area contributed by atoms with Gasteiger partial charge in [0.2, 0.25) is 5.91 Å². The zero-order valence-electron chi connectivity index (χ0n) is 14.0. The fourth-order valence-electron chi connectivity index (χ4n) is 3.13. The smallest absolute Gasteiger partial charge is 0.227 e. The van der Waals surface area contributed by atoms with Crippen LogP contribution in [0.25, 0.3) is 0 Å². The molecule has 8 nitrogen and oxygen atoms in total. The third-order valence-electron chi connectivity index (χ3n) is 4.18. The first kappa shape index (κ1) is 15.7. The second-order valence-corrected chi connectivity index (χ2v) is 6.05. The Morgan fingerprint density at radius 3 is 2.87 bits per heavy atom. The number of hydrogen-bond donors (Lipinski definition) is 0. The van der Waals surface area contributed by atoms with Gasteiger partial charge in [0.05, 0.1) is 24.7 Å². The number of carbonyl (C=O) groups is 1. The molecule has 3 heterocycles. The normalized spacial score (nSPS) is 17.4. The molecule has 0 spiro atoms. The Morgan fingerprint density at radius 1 is 1.43 bits per heavy atom. The quantitative estimate of drug-likeness (QED) is 0.825. The second-order valence-electron chi connectivity index (χ2n) is 6.05. The van der Waals surface area contributed by atoms with Gasteiger partial charge in [-0.3, -0.25) is 9.48 Å². The Bertz CT molecular complexity index is 720. The average molecular weight is 318 g/mol. The van der Waals surface area contributed by atoms with Crippen molar-refractivity contribution in [3.8, 4) is 0 Å². The lowest BCUT2D eigenvalue weighted by atomic mass is 10.1. The third-order valence-corrected chi connectivity index (χ3v) is 4.18. The van der Waals surface area contributed by atoms with Crippen molar-refractivity contribution in [3.63, 3.8) is 0 Å². The van der Waals surface area contributed by atoms with Crippen LogP contribution in [0.4, 0.5) is 0 Å². The minimum atomic E-state index is 0.0930. The molecule has 1 aliphatic rings. The number of rotatable bonds is 4. The molecule has 23 heavy (non-hydrogen) atoms. The molecule has 0 unspecified atom stereocenters. The molecule has 2 aromatic rings. The molecule has 0 aromatic carbocycles. The summed E-state index contributed by atoms with van der Waals surface area (Å²) in [6.07, 6.45) is 2.27. The predicted octanol–water partition coefficient (Wildman–Crippen LogP) is 0.612. The molecule has 1 atom stereocenters. The maximum Gasteiger partial charge on any atom is 0.227 e. The van der Waals surface area contributed by atoms with Crippen LogP contribution in [0.1, 0.15) is 35.9 Å². The van der Waals surface area contributed by atoms with E-state index in [0.29, 0.717) is 26.1 Å². The van der Waals surface area contributed by atoms with E-state index in [1.54, 1.807) is 11.8 Å². The summed E-state index contributed by atoms with van der Waals surface area (Å²) in [5, 5.41) is 12.7. The Hall–Kier alpha value is -2.22. The lowest BCUT2D eigenvalue weighted by molar-refractivity contribution is -0.132. The number of fused-ring (bicyclic) bond motifs is 1. The van der Waals surface area contributed by atoms with E-state index in [9.17, 15) is 4.79 Å². The highest BCUT2D eigenvalue weighted by Gasteiger charge is 2.29. The summed E-state index contributed by atoms with van der Waals surface area (Å²) in [6, 6.07) is 0.137. The zero-order chi connectivity index (χ0) is 16.6. The summed E-state index contributed by atoms with van der Waals surface area (Å²) < 4.78 is 8.97. The average Bonchev–Trinajstić information content (AvgIpc) is 3.03. The van der Waals surface area contributed by atoms with Crippen molar-refractivity contribution in [1.29, 1.82) is 0 Å². The number of carbonyl (C=O) groups excluding carboxylic acids is 1. The molecule has 0 bridgehead atoms. The van der Waals surface area contributed by atoms with Crippen molar-refractivity contribution in [3.05, 3.63) is 29.1 Å². The van der Waals surface area contributed by atoms with Crippen LogP contribution in [0.2, 0.25) is 0 Å². The summed E-state index contributed by atoms with van der Waals surface area (Å²) in [4.78, 5) is 14.5. The van der Waals surface area contributed by atoms with Gasteiger partial charge in [0.1, 0.15) is 6.61 Å². The molecule has 2 aromatic heterocycles. The third kappa shape index (κ3) is 2.98. The SMILES string of the molecule is COCc1nnc2n1[C@@H](C)CN(C(=O)Cc1cn(C)nc1C)C2. The van der Waals surface area contributed by atoms with E-state index in [-0.39, 0.29) is 11.9 Å². The van der Waals surface area contributed by atoms with Gasteiger partial charge in [0, 0.05) is 32.5 Å². The summed E-state index contributed by atoms with van der Waals surface area (Å²) in [5.41, 5.74) is 1.87.